The number of thiophene rings is 1. The first-order valence-electron chi connectivity index (χ1n) is 8.39. The molecule has 22 heavy (non-hydrogen) atoms. The molecule has 0 radical (unpaired) electrons. The molecule has 1 aromatic carbocycles. The smallest absolute Gasteiger partial charge is 0.0475 e. The Morgan fingerprint density at radius 1 is 1.18 bits per heavy atom. The lowest BCUT2D eigenvalue weighted by molar-refractivity contribution is 0.316. The largest absolute Gasteiger partial charge is 0.369 e. The Morgan fingerprint density at radius 2 is 2.05 bits per heavy atom. The van der Waals surface area contributed by atoms with E-state index < -0.39 is 0 Å². The number of nitrogens with zero attached hydrogens (tertiary/aromatic N) is 1. The van der Waals surface area contributed by atoms with Gasteiger partial charge in [-0.05, 0) is 35.8 Å². The summed E-state index contributed by atoms with van der Waals surface area (Å²) in [5.41, 5.74) is 2.78. The Kier molecular flexibility index (Phi) is 5.52. The van der Waals surface area contributed by atoms with Crippen LogP contribution in [0.25, 0.3) is 0 Å². The zero-order valence-electron chi connectivity index (χ0n) is 13.4. The van der Waals surface area contributed by atoms with E-state index in [0.717, 1.165) is 19.0 Å². The highest BCUT2D eigenvalue weighted by Crippen LogP contribution is 2.27. The molecule has 0 amide bonds. The summed E-state index contributed by atoms with van der Waals surface area (Å²) in [5, 5.41) is 8.25. The number of piperidine rings is 1. The maximum atomic E-state index is 3.78. The van der Waals surface area contributed by atoms with Crippen molar-refractivity contribution in [2.45, 2.75) is 38.8 Å². The van der Waals surface area contributed by atoms with Crippen LogP contribution in [0.15, 0.2) is 47.2 Å². The van der Waals surface area contributed by atoms with E-state index in [9.17, 15) is 0 Å². The summed E-state index contributed by atoms with van der Waals surface area (Å²) < 4.78 is 0. The highest BCUT2D eigenvalue weighted by molar-refractivity contribution is 7.08. The number of hydrogen-bond donors (Lipinski definition) is 1. The second-order valence-electron chi connectivity index (χ2n) is 6.34. The zero-order valence-corrected chi connectivity index (χ0v) is 14.2. The molecule has 0 spiro atoms. The Morgan fingerprint density at radius 3 is 2.77 bits per heavy atom. The van der Waals surface area contributed by atoms with E-state index >= 15 is 0 Å². The van der Waals surface area contributed by atoms with Gasteiger partial charge in [0.1, 0.15) is 0 Å². The zero-order chi connectivity index (χ0) is 15.2. The molecular weight excluding hydrogens is 288 g/mol. The SMILES string of the molecule is CCCC1CC(NCc2ccccc2)CN(c2ccsc2)C1. The van der Waals surface area contributed by atoms with Gasteiger partial charge in [0.25, 0.3) is 0 Å². The third-order valence-corrected chi connectivity index (χ3v) is 5.21. The lowest BCUT2D eigenvalue weighted by Crippen LogP contribution is -2.49. The first-order chi connectivity index (χ1) is 10.8. The fraction of sp³-hybridized carbons (Fsp3) is 0.474. The Hall–Kier alpha value is -1.32. The van der Waals surface area contributed by atoms with Gasteiger partial charge in [0.2, 0.25) is 0 Å². The maximum Gasteiger partial charge on any atom is 0.0475 e. The van der Waals surface area contributed by atoms with Crippen molar-refractivity contribution in [3.05, 3.63) is 52.7 Å². The second kappa shape index (κ2) is 7.80. The molecule has 2 heterocycles. The molecule has 118 valence electrons. The van der Waals surface area contributed by atoms with Crippen molar-refractivity contribution in [3.63, 3.8) is 0 Å². The average molecular weight is 314 g/mol. The quantitative estimate of drug-likeness (QED) is 0.842. The molecule has 0 bridgehead atoms. The van der Waals surface area contributed by atoms with Gasteiger partial charge in [-0.15, -0.1) is 0 Å². The molecule has 2 atom stereocenters. The fourth-order valence-corrected chi connectivity index (χ4v) is 4.14. The normalized spacial score (nSPS) is 22.0. The van der Waals surface area contributed by atoms with E-state index in [1.807, 2.05) is 0 Å². The minimum Gasteiger partial charge on any atom is -0.369 e. The number of rotatable bonds is 6. The summed E-state index contributed by atoms with van der Waals surface area (Å²) >= 11 is 1.80. The van der Waals surface area contributed by atoms with Crippen LogP contribution >= 0.6 is 11.3 Å². The predicted octanol–water partition coefficient (Wildman–Crippen LogP) is 4.53. The van der Waals surface area contributed by atoms with E-state index in [4.69, 9.17) is 0 Å². The molecule has 0 aliphatic carbocycles. The molecule has 1 fully saturated rings. The number of nitrogens with one attached hydrogen (secondary N) is 1. The molecule has 1 N–H and O–H groups in total. The molecule has 0 saturated carbocycles. The number of anilines is 1. The summed E-state index contributed by atoms with van der Waals surface area (Å²) in [5.74, 6) is 0.812. The van der Waals surface area contributed by atoms with Crippen molar-refractivity contribution in [1.29, 1.82) is 0 Å². The molecule has 3 rings (SSSR count). The van der Waals surface area contributed by atoms with Gasteiger partial charge in [0.05, 0.1) is 0 Å². The summed E-state index contributed by atoms with van der Waals surface area (Å²) in [4.78, 5) is 2.57. The topological polar surface area (TPSA) is 15.3 Å². The molecular formula is C19H26N2S. The molecule has 2 aromatic rings. The van der Waals surface area contributed by atoms with Gasteiger partial charge in [-0.2, -0.15) is 11.3 Å². The molecule has 1 aliphatic rings. The lowest BCUT2D eigenvalue weighted by Gasteiger charge is -2.39. The molecule has 2 unspecified atom stereocenters. The molecule has 1 aliphatic heterocycles. The van der Waals surface area contributed by atoms with Crippen LogP contribution < -0.4 is 10.2 Å². The molecule has 1 aromatic heterocycles. The molecule has 2 nitrogen and oxygen atoms in total. The van der Waals surface area contributed by atoms with Gasteiger partial charge in [-0.1, -0.05) is 43.7 Å². The van der Waals surface area contributed by atoms with Crippen LogP contribution in [0.1, 0.15) is 31.7 Å². The first kappa shape index (κ1) is 15.6. The third kappa shape index (κ3) is 4.11. The number of benzene rings is 1. The van der Waals surface area contributed by atoms with Gasteiger partial charge in [-0.25, -0.2) is 0 Å². The van der Waals surface area contributed by atoms with Gasteiger partial charge < -0.3 is 10.2 Å². The van der Waals surface area contributed by atoms with E-state index in [1.165, 1.54) is 37.1 Å². The monoisotopic (exact) mass is 314 g/mol. The van der Waals surface area contributed by atoms with Crippen LogP contribution in [-0.4, -0.2) is 19.1 Å². The fourth-order valence-electron chi connectivity index (χ4n) is 3.48. The Bertz CT molecular complexity index is 538. The average Bonchev–Trinajstić information content (AvgIpc) is 3.09. The minimum absolute atomic E-state index is 0.588. The van der Waals surface area contributed by atoms with Crippen LogP contribution in [0, 0.1) is 5.92 Å². The Labute approximate surface area is 138 Å². The summed E-state index contributed by atoms with van der Waals surface area (Å²) in [7, 11) is 0. The standard InChI is InChI=1S/C19H26N2S/c1-2-6-17-11-18(20-12-16-7-4-3-5-8-16)14-21(13-17)19-9-10-22-15-19/h3-5,7-10,15,17-18,20H,2,6,11-14H2,1H3. The van der Waals surface area contributed by atoms with Crippen LogP contribution in [0.2, 0.25) is 0 Å². The van der Waals surface area contributed by atoms with Crippen molar-refractivity contribution in [1.82, 2.24) is 5.32 Å². The van der Waals surface area contributed by atoms with E-state index in [0.29, 0.717) is 6.04 Å². The highest BCUT2D eigenvalue weighted by atomic mass is 32.1. The van der Waals surface area contributed by atoms with E-state index in [1.54, 1.807) is 11.3 Å². The van der Waals surface area contributed by atoms with Crippen molar-refractivity contribution >= 4 is 17.0 Å². The van der Waals surface area contributed by atoms with Crippen molar-refractivity contribution in [2.75, 3.05) is 18.0 Å². The Balaban J connectivity index is 1.62. The van der Waals surface area contributed by atoms with Crippen molar-refractivity contribution in [3.8, 4) is 0 Å². The molecule has 3 heteroatoms. The van der Waals surface area contributed by atoms with Gasteiger partial charge in [0.15, 0.2) is 0 Å². The predicted molar refractivity (Wildman–Crippen MR) is 96.6 cm³/mol. The second-order valence-corrected chi connectivity index (χ2v) is 7.12. The van der Waals surface area contributed by atoms with Gasteiger partial charge in [0, 0.05) is 36.7 Å². The highest BCUT2D eigenvalue weighted by Gasteiger charge is 2.26. The number of hydrogen-bond acceptors (Lipinski definition) is 3. The van der Waals surface area contributed by atoms with Crippen LogP contribution in [-0.2, 0) is 6.54 Å². The summed E-state index contributed by atoms with van der Waals surface area (Å²) in [6.45, 7) is 5.62. The molecule has 1 saturated heterocycles. The first-order valence-corrected chi connectivity index (χ1v) is 9.34. The van der Waals surface area contributed by atoms with Gasteiger partial charge in [-0.3, -0.25) is 0 Å². The van der Waals surface area contributed by atoms with Crippen molar-refractivity contribution < 1.29 is 0 Å². The maximum absolute atomic E-state index is 3.78. The minimum atomic E-state index is 0.588. The third-order valence-electron chi connectivity index (χ3n) is 4.54. The van der Waals surface area contributed by atoms with Crippen LogP contribution in [0.5, 0.6) is 0 Å². The summed E-state index contributed by atoms with van der Waals surface area (Å²) in [6, 6.07) is 13.6. The van der Waals surface area contributed by atoms with E-state index in [2.05, 4.69) is 64.3 Å². The van der Waals surface area contributed by atoms with Crippen LogP contribution in [0.4, 0.5) is 5.69 Å². The van der Waals surface area contributed by atoms with E-state index in [-0.39, 0.29) is 0 Å². The van der Waals surface area contributed by atoms with Gasteiger partial charge >= 0.3 is 0 Å². The van der Waals surface area contributed by atoms with Crippen molar-refractivity contribution in [2.24, 2.45) is 5.92 Å². The van der Waals surface area contributed by atoms with Crippen LogP contribution in [0.3, 0.4) is 0 Å². The summed E-state index contributed by atoms with van der Waals surface area (Å²) in [6.07, 6.45) is 3.93. The lowest BCUT2D eigenvalue weighted by atomic mass is 9.90.